The number of hydrazine groups is 1. The Hall–Kier alpha value is -0.830. The molecular weight excluding hydrogens is 334 g/mol. The van der Waals surface area contributed by atoms with E-state index in [2.05, 4.69) is 53.7 Å². The summed E-state index contributed by atoms with van der Waals surface area (Å²) in [6, 6.07) is 0. The molecule has 1 saturated heterocycles. The first-order valence-electron chi connectivity index (χ1n) is 9.69. The molecule has 144 valence electrons. The van der Waals surface area contributed by atoms with Gasteiger partial charge in [-0.1, -0.05) is 45.4 Å². The molecular formula is C17H35N7S. The summed E-state index contributed by atoms with van der Waals surface area (Å²) < 4.78 is 0. The lowest BCUT2D eigenvalue weighted by molar-refractivity contribution is -0.0835. The number of guanidine groups is 1. The molecule has 0 amide bonds. The molecule has 0 aliphatic carbocycles. The van der Waals surface area contributed by atoms with Crippen molar-refractivity contribution in [3.05, 3.63) is 0 Å². The molecule has 0 saturated carbocycles. The molecule has 0 bridgehead atoms. The zero-order chi connectivity index (χ0) is 18.1. The minimum Gasteiger partial charge on any atom is -0.315 e. The SMILES string of the molecule is CCCCCSC1=NC2(C)NCCN(CC)N2C(=NCCNCC)N1. The van der Waals surface area contributed by atoms with Gasteiger partial charge in [0.2, 0.25) is 11.7 Å². The van der Waals surface area contributed by atoms with Crippen LogP contribution in [0.25, 0.3) is 0 Å². The van der Waals surface area contributed by atoms with Crippen molar-refractivity contribution in [1.29, 1.82) is 0 Å². The average molecular weight is 370 g/mol. The normalized spacial score (nSPS) is 25.7. The molecule has 2 aliphatic rings. The molecule has 0 aromatic heterocycles. The standard InChI is InChI=1S/C17H35N7S/c1-5-8-9-14-25-16-21-15(19-11-10-18-6-2)24-17(4,22-16)20-12-13-23(24)7-3/h18,20H,5-14H2,1-4H3,(H,19,21,22). The Morgan fingerprint density at radius 2 is 2.16 bits per heavy atom. The quantitative estimate of drug-likeness (QED) is 0.537. The van der Waals surface area contributed by atoms with Gasteiger partial charge in [0, 0.05) is 31.9 Å². The maximum absolute atomic E-state index is 4.97. The molecule has 8 heteroatoms. The van der Waals surface area contributed by atoms with Gasteiger partial charge in [-0.25, -0.2) is 15.0 Å². The van der Waals surface area contributed by atoms with E-state index in [1.165, 1.54) is 19.3 Å². The fraction of sp³-hybridized carbons (Fsp3) is 0.882. The third-order valence-electron chi connectivity index (χ3n) is 4.42. The molecule has 1 atom stereocenters. The monoisotopic (exact) mass is 369 g/mol. The first kappa shape index (κ1) is 20.5. The summed E-state index contributed by atoms with van der Waals surface area (Å²) in [5, 5.41) is 15.9. The molecule has 2 aliphatic heterocycles. The van der Waals surface area contributed by atoms with Crippen molar-refractivity contribution in [2.24, 2.45) is 9.98 Å². The Balaban J connectivity index is 2.13. The highest BCUT2D eigenvalue weighted by Crippen LogP contribution is 2.25. The maximum atomic E-state index is 4.97. The van der Waals surface area contributed by atoms with E-state index in [9.17, 15) is 0 Å². The molecule has 1 unspecified atom stereocenters. The zero-order valence-electron chi connectivity index (χ0n) is 16.3. The summed E-state index contributed by atoms with van der Waals surface area (Å²) >= 11 is 1.81. The molecule has 25 heavy (non-hydrogen) atoms. The van der Waals surface area contributed by atoms with E-state index in [1.807, 2.05) is 0 Å². The van der Waals surface area contributed by atoms with Gasteiger partial charge in [0.15, 0.2) is 5.17 Å². The van der Waals surface area contributed by atoms with Gasteiger partial charge in [0.05, 0.1) is 6.54 Å². The van der Waals surface area contributed by atoms with Crippen molar-refractivity contribution < 1.29 is 0 Å². The summed E-state index contributed by atoms with van der Waals surface area (Å²) in [6.07, 6.45) is 3.75. The third kappa shape index (κ3) is 5.57. The second-order valence-corrected chi connectivity index (χ2v) is 7.55. The van der Waals surface area contributed by atoms with Gasteiger partial charge in [-0.2, -0.15) is 0 Å². The smallest absolute Gasteiger partial charge is 0.218 e. The fourth-order valence-electron chi connectivity index (χ4n) is 3.09. The van der Waals surface area contributed by atoms with E-state index < -0.39 is 5.79 Å². The molecule has 7 nitrogen and oxygen atoms in total. The number of thioether (sulfide) groups is 1. The summed E-state index contributed by atoms with van der Waals surface area (Å²) in [7, 11) is 0. The van der Waals surface area contributed by atoms with Crippen molar-refractivity contribution in [2.45, 2.75) is 52.7 Å². The predicted octanol–water partition coefficient (Wildman–Crippen LogP) is 1.65. The Kier molecular flexibility index (Phi) is 8.48. The van der Waals surface area contributed by atoms with Gasteiger partial charge < -0.3 is 10.6 Å². The number of unbranched alkanes of at least 4 members (excludes halogenated alkanes) is 2. The first-order valence-corrected chi connectivity index (χ1v) is 10.7. The van der Waals surface area contributed by atoms with Gasteiger partial charge in [-0.05, 0) is 19.9 Å². The van der Waals surface area contributed by atoms with Gasteiger partial charge >= 0.3 is 0 Å². The first-order chi connectivity index (χ1) is 12.1. The van der Waals surface area contributed by atoms with Crippen LogP contribution in [0.3, 0.4) is 0 Å². The number of fused-ring (bicyclic) bond motifs is 1. The molecule has 2 heterocycles. The highest BCUT2D eigenvalue weighted by molar-refractivity contribution is 8.13. The van der Waals surface area contributed by atoms with Crippen molar-refractivity contribution in [1.82, 2.24) is 26.0 Å². The van der Waals surface area contributed by atoms with E-state index in [1.54, 1.807) is 11.8 Å². The number of hydrogen-bond donors (Lipinski definition) is 3. The Morgan fingerprint density at radius 3 is 2.88 bits per heavy atom. The van der Waals surface area contributed by atoms with Crippen molar-refractivity contribution in [2.75, 3.05) is 45.0 Å². The highest BCUT2D eigenvalue weighted by Gasteiger charge is 2.43. The predicted molar refractivity (Wildman–Crippen MR) is 109 cm³/mol. The van der Waals surface area contributed by atoms with E-state index >= 15 is 0 Å². The van der Waals surface area contributed by atoms with Crippen LogP contribution in [0, 0.1) is 0 Å². The van der Waals surface area contributed by atoms with Crippen LogP contribution in [0.15, 0.2) is 9.98 Å². The molecule has 0 aromatic carbocycles. The topological polar surface area (TPSA) is 67.3 Å². The Morgan fingerprint density at radius 1 is 1.32 bits per heavy atom. The van der Waals surface area contributed by atoms with Crippen LogP contribution in [-0.4, -0.2) is 72.0 Å². The third-order valence-corrected chi connectivity index (χ3v) is 5.38. The second kappa shape index (κ2) is 10.4. The number of rotatable bonds is 9. The van der Waals surface area contributed by atoms with E-state index in [-0.39, 0.29) is 0 Å². The summed E-state index contributed by atoms with van der Waals surface area (Å²) in [4.78, 5) is 9.81. The van der Waals surface area contributed by atoms with Gasteiger partial charge in [0.1, 0.15) is 0 Å². The number of hydrogen-bond acceptors (Lipinski definition) is 6. The molecule has 3 N–H and O–H groups in total. The van der Waals surface area contributed by atoms with Crippen LogP contribution in [0.1, 0.15) is 47.0 Å². The Labute approximate surface area is 157 Å². The zero-order valence-corrected chi connectivity index (χ0v) is 17.1. The second-order valence-electron chi connectivity index (χ2n) is 6.46. The maximum Gasteiger partial charge on any atom is 0.218 e. The van der Waals surface area contributed by atoms with E-state index in [4.69, 9.17) is 9.98 Å². The van der Waals surface area contributed by atoms with Gasteiger partial charge in [-0.15, -0.1) is 0 Å². The van der Waals surface area contributed by atoms with Crippen molar-refractivity contribution in [3.8, 4) is 0 Å². The number of amidine groups is 1. The summed E-state index contributed by atoms with van der Waals surface area (Å²) in [6.45, 7) is 14.1. The van der Waals surface area contributed by atoms with Crippen molar-refractivity contribution >= 4 is 22.9 Å². The van der Waals surface area contributed by atoms with Crippen molar-refractivity contribution in [3.63, 3.8) is 0 Å². The minimum atomic E-state index is -0.455. The summed E-state index contributed by atoms with van der Waals surface area (Å²) in [5.74, 6) is 1.55. The lowest BCUT2D eigenvalue weighted by atomic mass is 10.3. The minimum absolute atomic E-state index is 0.455. The molecule has 1 fully saturated rings. The van der Waals surface area contributed by atoms with Crippen LogP contribution in [0.4, 0.5) is 0 Å². The molecule has 2 rings (SSSR count). The molecule has 0 spiro atoms. The lowest BCUT2D eigenvalue weighted by Gasteiger charge is -2.52. The van der Waals surface area contributed by atoms with Crippen LogP contribution >= 0.6 is 11.8 Å². The largest absolute Gasteiger partial charge is 0.315 e. The molecule has 0 aromatic rings. The number of nitrogens with zero attached hydrogens (tertiary/aromatic N) is 4. The number of likely N-dealkylation sites (N-methyl/N-ethyl adjacent to an activating group) is 2. The van der Waals surface area contributed by atoms with E-state index in [0.29, 0.717) is 0 Å². The van der Waals surface area contributed by atoms with Crippen LogP contribution in [-0.2, 0) is 0 Å². The lowest BCUT2D eigenvalue weighted by Crippen LogP contribution is -2.74. The fourth-order valence-corrected chi connectivity index (χ4v) is 4.03. The van der Waals surface area contributed by atoms with Gasteiger partial charge in [0.25, 0.3) is 0 Å². The van der Waals surface area contributed by atoms with Crippen LogP contribution in [0.5, 0.6) is 0 Å². The highest BCUT2D eigenvalue weighted by atomic mass is 32.2. The van der Waals surface area contributed by atoms with E-state index in [0.717, 1.165) is 56.1 Å². The molecule has 0 radical (unpaired) electrons. The summed E-state index contributed by atoms with van der Waals surface area (Å²) in [5.41, 5.74) is 0. The van der Waals surface area contributed by atoms with Crippen LogP contribution < -0.4 is 16.0 Å². The van der Waals surface area contributed by atoms with Gasteiger partial charge in [-0.3, -0.25) is 10.3 Å². The van der Waals surface area contributed by atoms with Crippen LogP contribution in [0.2, 0.25) is 0 Å². The number of aliphatic imine (C=N–C) groups is 2. The number of nitrogens with one attached hydrogen (secondary N) is 3. The Bertz CT molecular complexity index is 468. The average Bonchev–Trinajstić information content (AvgIpc) is 2.61.